The minimum absolute atomic E-state index is 0.0868. The Bertz CT molecular complexity index is 333. The summed E-state index contributed by atoms with van der Waals surface area (Å²) in [5.41, 5.74) is -1.52. The van der Waals surface area contributed by atoms with Gasteiger partial charge < -0.3 is 10.2 Å². The van der Waals surface area contributed by atoms with E-state index in [4.69, 9.17) is 0 Å². The third-order valence-electron chi connectivity index (χ3n) is 5.94. The number of aliphatic carboxylic acids is 1. The first-order valence-electron chi connectivity index (χ1n) is 8.69. The molecule has 0 spiro atoms. The summed E-state index contributed by atoms with van der Waals surface area (Å²) in [4.78, 5) is 12.0. The SMILES string of the molecule is C[C@@H]1CC(C(O)(C(=O)O)C2C[C@@H](C)C[C@@H](C)C2)C[C@@H](C)C1. The average Bonchev–Trinajstić information content (AvgIpc) is 2.35. The van der Waals surface area contributed by atoms with Crippen LogP contribution in [0.5, 0.6) is 0 Å². The molecule has 122 valence electrons. The Hall–Kier alpha value is -0.570. The summed E-state index contributed by atoms with van der Waals surface area (Å²) in [5.74, 6) is 0.907. The highest BCUT2D eigenvalue weighted by atomic mass is 16.4. The predicted octanol–water partition coefficient (Wildman–Crippen LogP) is 3.95. The zero-order valence-electron chi connectivity index (χ0n) is 14.0. The van der Waals surface area contributed by atoms with Crippen molar-refractivity contribution < 1.29 is 15.0 Å². The number of rotatable bonds is 3. The Morgan fingerprint density at radius 1 is 0.762 bits per heavy atom. The lowest BCUT2D eigenvalue weighted by molar-refractivity contribution is -0.182. The molecule has 0 radical (unpaired) electrons. The third kappa shape index (κ3) is 3.44. The molecule has 2 saturated carbocycles. The van der Waals surface area contributed by atoms with Gasteiger partial charge in [0, 0.05) is 0 Å². The highest BCUT2D eigenvalue weighted by Gasteiger charge is 2.53. The van der Waals surface area contributed by atoms with Gasteiger partial charge in [0.2, 0.25) is 0 Å². The van der Waals surface area contributed by atoms with Gasteiger partial charge in [0.1, 0.15) is 0 Å². The molecule has 0 amide bonds. The van der Waals surface area contributed by atoms with Crippen molar-refractivity contribution in [3.05, 3.63) is 0 Å². The smallest absolute Gasteiger partial charge is 0.336 e. The van der Waals surface area contributed by atoms with E-state index >= 15 is 0 Å². The summed E-state index contributed by atoms with van der Waals surface area (Å²) in [6.07, 6.45) is 5.73. The van der Waals surface area contributed by atoms with E-state index in [0.717, 1.165) is 38.5 Å². The van der Waals surface area contributed by atoms with Crippen LogP contribution in [0, 0.1) is 35.5 Å². The first-order valence-corrected chi connectivity index (χ1v) is 8.69. The van der Waals surface area contributed by atoms with Crippen molar-refractivity contribution in [1.29, 1.82) is 0 Å². The molecule has 21 heavy (non-hydrogen) atoms. The van der Waals surface area contributed by atoms with Gasteiger partial charge in [0.25, 0.3) is 0 Å². The fourth-order valence-electron chi connectivity index (χ4n) is 5.30. The molecule has 3 heteroatoms. The molecule has 2 aliphatic rings. The Morgan fingerprint density at radius 3 is 1.29 bits per heavy atom. The van der Waals surface area contributed by atoms with Gasteiger partial charge in [-0.2, -0.15) is 0 Å². The number of carboxylic acids is 1. The van der Waals surface area contributed by atoms with Crippen LogP contribution < -0.4 is 0 Å². The third-order valence-corrected chi connectivity index (χ3v) is 5.94. The van der Waals surface area contributed by atoms with Crippen molar-refractivity contribution in [3.63, 3.8) is 0 Å². The van der Waals surface area contributed by atoms with Crippen molar-refractivity contribution in [2.45, 2.75) is 71.8 Å². The second-order valence-corrected chi connectivity index (χ2v) is 8.36. The highest BCUT2D eigenvalue weighted by molar-refractivity contribution is 5.78. The van der Waals surface area contributed by atoms with E-state index in [-0.39, 0.29) is 11.8 Å². The quantitative estimate of drug-likeness (QED) is 0.829. The van der Waals surface area contributed by atoms with Crippen molar-refractivity contribution in [3.8, 4) is 0 Å². The molecule has 2 aliphatic carbocycles. The van der Waals surface area contributed by atoms with Gasteiger partial charge in [0.15, 0.2) is 5.60 Å². The number of carboxylic acid groups (broad SMARTS) is 1. The molecule has 2 unspecified atom stereocenters. The van der Waals surface area contributed by atoms with Gasteiger partial charge in [-0.05, 0) is 74.0 Å². The minimum Gasteiger partial charge on any atom is -0.479 e. The molecule has 3 nitrogen and oxygen atoms in total. The molecular weight excluding hydrogens is 264 g/mol. The van der Waals surface area contributed by atoms with Gasteiger partial charge in [-0.3, -0.25) is 0 Å². The molecule has 6 atom stereocenters. The van der Waals surface area contributed by atoms with Gasteiger partial charge in [-0.15, -0.1) is 0 Å². The molecule has 0 aromatic rings. The number of hydrogen-bond acceptors (Lipinski definition) is 2. The molecule has 0 bridgehead atoms. The summed E-state index contributed by atoms with van der Waals surface area (Å²) in [5, 5.41) is 21.0. The Morgan fingerprint density at radius 2 is 1.05 bits per heavy atom. The topological polar surface area (TPSA) is 57.5 Å². The monoisotopic (exact) mass is 296 g/mol. The van der Waals surface area contributed by atoms with Crippen molar-refractivity contribution in [2.75, 3.05) is 0 Å². The number of carbonyl (C=O) groups is 1. The molecular formula is C18H32O3. The van der Waals surface area contributed by atoms with Crippen LogP contribution in [0.15, 0.2) is 0 Å². The first kappa shape index (κ1) is 16.8. The van der Waals surface area contributed by atoms with Crippen LogP contribution in [0.25, 0.3) is 0 Å². The van der Waals surface area contributed by atoms with Crippen molar-refractivity contribution in [2.24, 2.45) is 35.5 Å². The number of hydrogen-bond donors (Lipinski definition) is 2. The average molecular weight is 296 g/mol. The van der Waals surface area contributed by atoms with E-state index < -0.39 is 11.6 Å². The lowest BCUT2D eigenvalue weighted by atomic mass is 9.60. The molecule has 0 aliphatic heterocycles. The van der Waals surface area contributed by atoms with Crippen molar-refractivity contribution in [1.82, 2.24) is 0 Å². The van der Waals surface area contributed by atoms with Gasteiger partial charge >= 0.3 is 5.97 Å². The van der Waals surface area contributed by atoms with Crippen LogP contribution >= 0.6 is 0 Å². The summed E-state index contributed by atoms with van der Waals surface area (Å²) in [6, 6.07) is 0. The summed E-state index contributed by atoms with van der Waals surface area (Å²) in [7, 11) is 0. The maximum absolute atomic E-state index is 12.0. The second-order valence-electron chi connectivity index (χ2n) is 8.36. The number of aliphatic hydroxyl groups is 1. The lowest BCUT2D eigenvalue weighted by Crippen LogP contribution is -2.55. The molecule has 0 aromatic heterocycles. The van der Waals surface area contributed by atoms with E-state index in [1.807, 2.05) is 0 Å². The lowest BCUT2D eigenvalue weighted by Gasteiger charge is -2.47. The van der Waals surface area contributed by atoms with E-state index in [1.165, 1.54) is 0 Å². The minimum atomic E-state index is -1.52. The first-order chi connectivity index (χ1) is 9.73. The normalized spacial score (nSPS) is 44.0. The Labute approximate surface area is 129 Å². The van der Waals surface area contributed by atoms with Gasteiger partial charge in [-0.25, -0.2) is 4.79 Å². The largest absolute Gasteiger partial charge is 0.479 e. The Kier molecular flexibility index (Phi) is 5.02. The molecule has 2 fully saturated rings. The van der Waals surface area contributed by atoms with E-state index in [0.29, 0.717) is 23.7 Å². The summed E-state index contributed by atoms with van der Waals surface area (Å²) >= 11 is 0. The van der Waals surface area contributed by atoms with Crippen LogP contribution in [0.2, 0.25) is 0 Å². The van der Waals surface area contributed by atoms with Crippen LogP contribution in [0.3, 0.4) is 0 Å². The summed E-state index contributed by atoms with van der Waals surface area (Å²) < 4.78 is 0. The molecule has 0 heterocycles. The maximum Gasteiger partial charge on any atom is 0.336 e. The van der Waals surface area contributed by atoms with Crippen LogP contribution in [0.1, 0.15) is 66.2 Å². The fraction of sp³-hybridized carbons (Fsp3) is 0.944. The van der Waals surface area contributed by atoms with Crippen molar-refractivity contribution >= 4 is 5.97 Å². The maximum atomic E-state index is 12.0. The summed E-state index contributed by atoms with van der Waals surface area (Å²) in [6.45, 7) is 8.77. The molecule has 2 rings (SSSR count). The van der Waals surface area contributed by atoms with Crippen LogP contribution in [-0.4, -0.2) is 21.8 Å². The van der Waals surface area contributed by atoms with E-state index in [2.05, 4.69) is 27.7 Å². The zero-order chi connectivity index (χ0) is 15.8. The van der Waals surface area contributed by atoms with E-state index in [1.54, 1.807) is 0 Å². The molecule has 0 saturated heterocycles. The predicted molar refractivity (Wildman–Crippen MR) is 83.9 cm³/mol. The van der Waals surface area contributed by atoms with Crippen LogP contribution in [0.4, 0.5) is 0 Å². The standard InChI is InChI=1S/C18H32O3/c1-11-5-12(2)8-15(7-11)18(21,17(19)20)16-9-13(3)6-14(4)10-16/h11-16,21H,5-10H2,1-4H3,(H,19,20)/t11-,12-,13-,14+,16?,18?/m0/s1. The Balaban J connectivity index is 2.25. The fourth-order valence-corrected chi connectivity index (χ4v) is 5.30. The molecule has 0 aromatic carbocycles. The van der Waals surface area contributed by atoms with E-state index in [9.17, 15) is 15.0 Å². The highest BCUT2D eigenvalue weighted by Crippen LogP contribution is 2.47. The molecule has 2 N–H and O–H groups in total. The van der Waals surface area contributed by atoms with Crippen LogP contribution in [-0.2, 0) is 4.79 Å². The van der Waals surface area contributed by atoms with Gasteiger partial charge in [0.05, 0.1) is 0 Å². The second kappa shape index (κ2) is 6.28. The zero-order valence-corrected chi connectivity index (χ0v) is 14.0. The van der Waals surface area contributed by atoms with Gasteiger partial charge in [-0.1, -0.05) is 27.7 Å².